The lowest BCUT2D eigenvalue weighted by Crippen LogP contribution is -2.54. The van der Waals surface area contributed by atoms with Crippen LogP contribution in [0.5, 0.6) is 0 Å². The largest absolute Gasteiger partial charge is 0.470 e. The lowest BCUT2D eigenvalue weighted by molar-refractivity contribution is -0.156. The number of piperazine rings is 1. The van der Waals surface area contributed by atoms with Gasteiger partial charge in [-0.25, -0.2) is 9.59 Å². The van der Waals surface area contributed by atoms with Crippen LogP contribution in [0.15, 0.2) is 59.0 Å². The molecule has 0 atom stereocenters. The van der Waals surface area contributed by atoms with E-state index in [2.05, 4.69) is 10.2 Å². The number of amides is 3. The molecule has 0 unspecified atom stereocenters. The number of carbonyl (C=O) groups is 2. The molecule has 9 nitrogen and oxygen atoms in total. The Labute approximate surface area is 217 Å². The molecule has 0 saturated carbocycles. The smallest absolute Gasteiger partial charge is 0.444 e. The highest BCUT2D eigenvalue weighted by molar-refractivity contribution is 5.92. The molecule has 2 aromatic carbocycles. The third-order valence-corrected chi connectivity index (χ3v) is 5.71. The van der Waals surface area contributed by atoms with Gasteiger partial charge in [0, 0.05) is 37.4 Å². The van der Waals surface area contributed by atoms with Gasteiger partial charge in [-0.1, -0.05) is 30.3 Å². The summed E-state index contributed by atoms with van der Waals surface area (Å²) >= 11 is 0. The Balaban J connectivity index is 1.46. The molecule has 0 spiro atoms. The number of nitrogens with zero attached hydrogens (tertiary/aromatic N) is 5. The molecule has 1 aliphatic heterocycles. The second-order valence-electron chi connectivity index (χ2n) is 9.77. The van der Waals surface area contributed by atoms with Gasteiger partial charge in [0.25, 0.3) is 0 Å². The van der Waals surface area contributed by atoms with Gasteiger partial charge in [-0.05, 0) is 50.6 Å². The van der Waals surface area contributed by atoms with Crippen LogP contribution in [-0.4, -0.2) is 63.9 Å². The highest BCUT2D eigenvalue weighted by atomic mass is 19.4. The first-order chi connectivity index (χ1) is 17.9. The fraction of sp³-hybridized carbons (Fsp3) is 0.385. The summed E-state index contributed by atoms with van der Waals surface area (Å²) in [5.74, 6) is -1.66. The summed E-state index contributed by atoms with van der Waals surface area (Å²) in [7, 11) is 0. The van der Waals surface area contributed by atoms with Crippen molar-refractivity contribution in [2.24, 2.45) is 0 Å². The van der Waals surface area contributed by atoms with Crippen LogP contribution in [0.2, 0.25) is 0 Å². The third kappa shape index (κ3) is 6.61. The van der Waals surface area contributed by atoms with Gasteiger partial charge in [0.05, 0.1) is 6.54 Å². The number of carbonyl (C=O) groups excluding carboxylic acids is 2. The van der Waals surface area contributed by atoms with Gasteiger partial charge >= 0.3 is 24.2 Å². The van der Waals surface area contributed by atoms with Gasteiger partial charge in [0.15, 0.2) is 0 Å². The number of alkyl halides is 3. The lowest BCUT2D eigenvalue weighted by atomic mass is 10.1. The molecule has 202 valence electrons. The minimum Gasteiger partial charge on any atom is -0.444 e. The van der Waals surface area contributed by atoms with Gasteiger partial charge in [0.2, 0.25) is 5.89 Å². The first-order valence-corrected chi connectivity index (χ1v) is 12.0. The number of ether oxygens (including phenoxy) is 1. The van der Waals surface area contributed by atoms with Crippen LogP contribution in [-0.2, 0) is 17.5 Å². The molecule has 3 amide bonds. The number of urea groups is 1. The number of benzene rings is 2. The summed E-state index contributed by atoms with van der Waals surface area (Å²) in [5, 5.41) is 6.52. The molecule has 1 saturated heterocycles. The van der Waals surface area contributed by atoms with E-state index in [1.165, 1.54) is 0 Å². The van der Waals surface area contributed by atoms with E-state index in [0.717, 1.165) is 5.56 Å². The zero-order valence-electron chi connectivity index (χ0n) is 21.2. The molecule has 38 heavy (non-hydrogen) atoms. The van der Waals surface area contributed by atoms with Crippen molar-refractivity contribution in [3.05, 3.63) is 66.1 Å². The van der Waals surface area contributed by atoms with Crippen LogP contribution >= 0.6 is 0 Å². The topological polar surface area (TPSA) is 92.0 Å². The number of halogens is 3. The van der Waals surface area contributed by atoms with Crippen molar-refractivity contribution in [2.45, 2.75) is 39.1 Å². The summed E-state index contributed by atoms with van der Waals surface area (Å²) in [6.07, 6.45) is -5.13. The maximum atomic E-state index is 13.6. The van der Waals surface area contributed by atoms with E-state index in [0.29, 0.717) is 37.4 Å². The van der Waals surface area contributed by atoms with Gasteiger partial charge in [-0.2, -0.15) is 13.2 Å². The minimum atomic E-state index is -4.72. The molecule has 0 radical (unpaired) electrons. The average molecular weight is 532 g/mol. The number of anilines is 1. The van der Waals surface area contributed by atoms with Crippen LogP contribution in [0, 0.1) is 0 Å². The first-order valence-electron chi connectivity index (χ1n) is 12.0. The number of hydrogen-bond acceptors (Lipinski definition) is 6. The van der Waals surface area contributed by atoms with E-state index >= 15 is 0 Å². The number of para-hydroxylation sites is 1. The molecule has 12 heteroatoms. The minimum absolute atomic E-state index is 0.215. The predicted octanol–water partition coefficient (Wildman–Crippen LogP) is 5.43. The average Bonchev–Trinajstić information content (AvgIpc) is 3.38. The van der Waals surface area contributed by atoms with E-state index in [9.17, 15) is 22.8 Å². The zero-order chi connectivity index (χ0) is 27.5. The Bertz CT molecular complexity index is 1250. The van der Waals surface area contributed by atoms with Crippen LogP contribution in [0.4, 0.5) is 28.4 Å². The fourth-order valence-electron chi connectivity index (χ4n) is 3.84. The van der Waals surface area contributed by atoms with Crippen molar-refractivity contribution in [3.63, 3.8) is 0 Å². The SMILES string of the molecule is CC(C)(C)OC(=O)N1CCN(C(=O)N(Cc2ccc(-c3nnc(C(F)(F)F)o3)cc2)c2ccccc2)CC1. The quantitative estimate of drug-likeness (QED) is 0.446. The summed E-state index contributed by atoms with van der Waals surface area (Å²) in [6, 6.07) is 15.4. The Hall–Kier alpha value is -4.09. The van der Waals surface area contributed by atoms with Gasteiger partial charge in [0.1, 0.15) is 5.60 Å². The molecule has 0 bridgehead atoms. The molecule has 1 aliphatic rings. The molecule has 1 aromatic heterocycles. The normalized spacial score (nSPS) is 14.4. The highest BCUT2D eigenvalue weighted by Crippen LogP contribution is 2.30. The number of hydrogen-bond donors (Lipinski definition) is 0. The Morgan fingerprint density at radius 3 is 2.08 bits per heavy atom. The van der Waals surface area contributed by atoms with E-state index in [1.54, 1.807) is 59.7 Å². The van der Waals surface area contributed by atoms with E-state index in [1.807, 2.05) is 30.3 Å². The van der Waals surface area contributed by atoms with Crippen molar-refractivity contribution in [3.8, 4) is 11.5 Å². The van der Waals surface area contributed by atoms with Crippen LogP contribution in [0.3, 0.4) is 0 Å². The van der Waals surface area contributed by atoms with Crippen molar-refractivity contribution in [1.82, 2.24) is 20.0 Å². The molecule has 0 N–H and O–H groups in total. The first kappa shape index (κ1) is 27.0. The van der Waals surface area contributed by atoms with E-state index < -0.39 is 23.8 Å². The molecule has 1 fully saturated rings. The Kier molecular flexibility index (Phi) is 7.61. The van der Waals surface area contributed by atoms with E-state index in [4.69, 9.17) is 9.15 Å². The molecule has 2 heterocycles. The third-order valence-electron chi connectivity index (χ3n) is 5.71. The maximum absolute atomic E-state index is 13.6. The van der Waals surface area contributed by atoms with Crippen LogP contribution in [0.1, 0.15) is 32.2 Å². The summed E-state index contributed by atoms with van der Waals surface area (Å²) in [5.41, 5.74) is 1.15. The summed E-state index contributed by atoms with van der Waals surface area (Å²) in [6.45, 7) is 7.01. The zero-order valence-corrected chi connectivity index (χ0v) is 21.2. The standard InChI is InChI=1S/C26H28F3N5O4/c1-25(2,3)38-24(36)33-15-13-32(14-16-33)23(35)34(20-7-5-4-6-8-20)17-18-9-11-19(12-10-18)21-30-31-22(37-21)26(27,28)29/h4-12H,13-17H2,1-3H3. The van der Waals surface area contributed by atoms with E-state index in [-0.39, 0.29) is 18.5 Å². The van der Waals surface area contributed by atoms with Gasteiger partial charge < -0.3 is 19.0 Å². The summed E-state index contributed by atoms with van der Waals surface area (Å²) < 4.78 is 48.5. The second kappa shape index (κ2) is 10.7. The fourth-order valence-corrected chi connectivity index (χ4v) is 3.84. The van der Waals surface area contributed by atoms with Crippen LogP contribution < -0.4 is 4.90 Å². The van der Waals surface area contributed by atoms with Crippen molar-refractivity contribution >= 4 is 17.8 Å². The molecular weight excluding hydrogens is 503 g/mol. The van der Waals surface area contributed by atoms with Crippen molar-refractivity contribution in [2.75, 3.05) is 31.1 Å². The molecule has 0 aliphatic carbocycles. The van der Waals surface area contributed by atoms with Crippen molar-refractivity contribution < 1.29 is 31.9 Å². The van der Waals surface area contributed by atoms with Crippen LogP contribution in [0.25, 0.3) is 11.5 Å². The molecule has 3 aromatic rings. The number of rotatable bonds is 4. The van der Waals surface area contributed by atoms with Crippen molar-refractivity contribution in [1.29, 1.82) is 0 Å². The maximum Gasteiger partial charge on any atom is 0.470 e. The van der Waals surface area contributed by atoms with Gasteiger partial charge in [-0.15, -0.1) is 10.2 Å². The van der Waals surface area contributed by atoms with Gasteiger partial charge in [-0.3, -0.25) is 4.90 Å². The Morgan fingerprint density at radius 2 is 1.53 bits per heavy atom. The second-order valence-corrected chi connectivity index (χ2v) is 9.77. The Morgan fingerprint density at radius 1 is 0.921 bits per heavy atom. The highest BCUT2D eigenvalue weighted by Gasteiger charge is 2.38. The summed E-state index contributed by atoms with van der Waals surface area (Å²) in [4.78, 5) is 30.8. The predicted molar refractivity (Wildman–Crippen MR) is 132 cm³/mol. The number of aromatic nitrogens is 2. The lowest BCUT2D eigenvalue weighted by Gasteiger charge is -2.38. The monoisotopic (exact) mass is 531 g/mol. The molecular formula is C26H28F3N5O4. The molecule has 4 rings (SSSR count).